The highest BCUT2D eigenvalue weighted by molar-refractivity contribution is 5.80. The van der Waals surface area contributed by atoms with Gasteiger partial charge in [0.05, 0.1) is 24.7 Å². The molecule has 4 heterocycles. The van der Waals surface area contributed by atoms with Crippen LogP contribution < -0.4 is 11.3 Å². The number of rotatable bonds is 11. The molecule has 46 heavy (non-hydrogen) atoms. The van der Waals surface area contributed by atoms with Crippen molar-refractivity contribution in [3.63, 3.8) is 0 Å². The first kappa shape index (κ1) is 29.6. The molecule has 0 saturated heterocycles. The highest BCUT2D eigenvalue weighted by atomic mass is 16.5. The first-order valence-corrected chi connectivity index (χ1v) is 15.9. The van der Waals surface area contributed by atoms with Crippen LogP contribution in [0.2, 0.25) is 0 Å². The predicted molar refractivity (Wildman–Crippen MR) is 172 cm³/mol. The Kier molecular flexibility index (Phi) is 8.43. The van der Waals surface area contributed by atoms with Gasteiger partial charge in [-0.05, 0) is 48.8 Å². The molecule has 1 aliphatic rings. The van der Waals surface area contributed by atoms with E-state index in [0.29, 0.717) is 24.6 Å². The topological polar surface area (TPSA) is 138 Å². The predicted octanol–water partition coefficient (Wildman–Crippen LogP) is 4.84. The molecule has 0 bridgehead atoms. The molecule has 0 amide bonds. The lowest BCUT2D eigenvalue weighted by atomic mass is 9.92. The summed E-state index contributed by atoms with van der Waals surface area (Å²) in [5, 5.41) is 8.46. The van der Waals surface area contributed by atoms with Gasteiger partial charge in [0, 0.05) is 42.5 Å². The summed E-state index contributed by atoms with van der Waals surface area (Å²) in [6.45, 7) is 3.53. The molecule has 236 valence electrons. The first-order chi connectivity index (χ1) is 22.6. The zero-order chi connectivity index (χ0) is 31.5. The molecule has 0 aliphatic heterocycles. The van der Waals surface area contributed by atoms with E-state index in [-0.39, 0.29) is 17.7 Å². The van der Waals surface area contributed by atoms with E-state index >= 15 is 0 Å². The van der Waals surface area contributed by atoms with Crippen LogP contribution in [-0.2, 0) is 24.1 Å². The van der Waals surface area contributed by atoms with Crippen LogP contribution in [0.15, 0.2) is 87.7 Å². The first-order valence-electron chi connectivity index (χ1n) is 15.9. The van der Waals surface area contributed by atoms with Crippen molar-refractivity contribution in [2.45, 2.75) is 70.6 Å². The number of fused-ring (bicyclic) bond motifs is 1. The minimum Gasteiger partial charge on any atom is -0.376 e. The van der Waals surface area contributed by atoms with E-state index in [1.807, 2.05) is 56.2 Å². The van der Waals surface area contributed by atoms with E-state index in [0.717, 1.165) is 78.6 Å². The average Bonchev–Trinajstić information content (AvgIpc) is 3.87. The molecular formula is C34H36N8O4. The van der Waals surface area contributed by atoms with Crippen LogP contribution in [0, 0.1) is 0 Å². The fraction of sp³-hybridized carbons (Fsp3) is 0.353. The smallest absolute Gasteiger partial charge is 0.376 e. The summed E-state index contributed by atoms with van der Waals surface area (Å²) < 4.78 is 16.7. The molecule has 12 heteroatoms. The lowest BCUT2D eigenvalue weighted by Gasteiger charge is -2.30. The van der Waals surface area contributed by atoms with Crippen molar-refractivity contribution < 1.29 is 9.26 Å². The summed E-state index contributed by atoms with van der Waals surface area (Å²) >= 11 is 0. The molecule has 0 spiro atoms. The van der Waals surface area contributed by atoms with Crippen molar-refractivity contribution in [2.24, 2.45) is 0 Å². The maximum absolute atomic E-state index is 14.4. The van der Waals surface area contributed by atoms with Crippen molar-refractivity contribution in [2.75, 3.05) is 6.61 Å². The van der Waals surface area contributed by atoms with E-state index in [2.05, 4.69) is 44.3 Å². The van der Waals surface area contributed by atoms with Gasteiger partial charge in [0.2, 0.25) is 5.78 Å². The summed E-state index contributed by atoms with van der Waals surface area (Å²) in [4.78, 5) is 37.2. The van der Waals surface area contributed by atoms with Gasteiger partial charge in [0.15, 0.2) is 5.82 Å². The van der Waals surface area contributed by atoms with Gasteiger partial charge in [0.1, 0.15) is 6.33 Å². The summed E-state index contributed by atoms with van der Waals surface area (Å²) in [6, 6.07) is 15.9. The van der Waals surface area contributed by atoms with Gasteiger partial charge < -0.3 is 9.30 Å². The van der Waals surface area contributed by atoms with E-state index in [1.54, 1.807) is 18.9 Å². The van der Waals surface area contributed by atoms with Crippen LogP contribution in [0.25, 0.3) is 28.3 Å². The monoisotopic (exact) mass is 620 g/mol. The van der Waals surface area contributed by atoms with Crippen LogP contribution in [0.1, 0.15) is 61.9 Å². The van der Waals surface area contributed by atoms with E-state index in [1.165, 1.54) is 0 Å². The number of aryl methyl sites for hydroxylation is 1. The van der Waals surface area contributed by atoms with Gasteiger partial charge in [-0.2, -0.15) is 10.1 Å². The number of imidazole rings is 1. The van der Waals surface area contributed by atoms with Crippen molar-refractivity contribution >= 4 is 5.78 Å². The summed E-state index contributed by atoms with van der Waals surface area (Å²) in [7, 11) is 0. The molecule has 0 radical (unpaired) electrons. The molecule has 12 nitrogen and oxygen atoms in total. The molecule has 7 rings (SSSR count). The Labute approximate surface area is 264 Å². The average molecular weight is 621 g/mol. The largest absolute Gasteiger partial charge is 0.439 e. The van der Waals surface area contributed by atoms with E-state index in [9.17, 15) is 9.59 Å². The highest BCUT2D eigenvalue weighted by Gasteiger charge is 2.28. The number of benzene rings is 2. The van der Waals surface area contributed by atoms with Gasteiger partial charge in [-0.3, -0.25) is 18.9 Å². The van der Waals surface area contributed by atoms with Gasteiger partial charge in [0.25, 0.3) is 5.56 Å². The number of nitrogens with one attached hydrogen (secondary N) is 1. The maximum Gasteiger partial charge on any atom is 0.439 e. The second kappa shape index (κ2) is 13.1. The Morgan fingerprint density at radius 1 is 1.02 bits per heavy atom. The third-order valence-corrected chi connectivity index (χ3v) is 8.85. The minimum atomic E-state index is -0.596. The second-order valence-corrected chi connectivity index (χ2v) is 11.8. The fourth-order valence-electron chi connectivity index (χ4n) is 6.59. The molecule has 4 aromatic heterocycles. The van der Waals surface area contributed by atoms with Gasteiger partial charge in [-0.25, -0.2) is 14.3 Å². The van der Waals surface area contributed by atoms with Crippen LogP contribution >= 0.6 is 0 Å². The zero-order valence-corrected chi connectivity index (χ0v) is 25.7. The summed E-state index contributed by atoms with van der Waals surface area (Å²) in [5.74, 6) is 0.395. The molecule has 1 aliphatic carbocycles. The normalized spacial score (nSPS) is 16.7. The number of nitrogens with zero attached hydrogens (tertiary/aromatic N) is 7. The minimum absolute atomic E-state index is 0.0119. The maximum atomic E-state index is 14.4. The number of aromatic nitrogens is 8. The summed E-state index contributed by atoms with van der Waals surface area (Å²) in [6.07, 6.45) is 12.8. The van der Waals surface area contributed by atoms with Crippen LogP contribution in [0.5, 0.6) is 0 Å². The Hall–Kier alpha value is -5.10. The molecule has 6 aromatic rings. The highest BCUT2D eigenvalue weighted by Crippen LogP contribution is 2.32. The van der Waals surface area contributed by atoms with Crippen LogP contribution in [0.4, 0.5) is 0 Å². The Bertz CT molecular complexity index is 2030. The Morgan fingerprint density at radius 2 is 1.83 bits per heavy atom. The van der Waals surface area contributed by atoms with Crippen LogP contribution in [0.3, 0.4) is 0 Å². The van der Waals surface area contributed by atoms with Crippen molar-refractivity contribution in [3.05, 3.63) is 111 Å². The Morgan fingerprint density at radius 3 is 2.54 bits per heavy atom. The molecular weight excluding hydrogens is 584 g/mol. The number of H-pyrrole nitrogens is 1. The van der Waals surface area contributed by atoms with Gasteiger partial charge in [-0.15, -0.1) is 0 Å². The van der Waals surface area contributed by atoms with Crippen molar-refractivity contribution in [1.29, 1.82) is 0 Å². The van der Waals surface area contributed by atoms with E-state index < -0.39 is 5.76 Å². The van der Waals surface area contributed by atoms with Crippen molar-refractivity contribution in [3.8, 4) is 22.5 Å². The SMILES string of the molecule is CCCc1c(Cc2ccc(-c3ccccc3-c3noc(=O)[nH]3)cc2)c(=O)n(C2CCC(OCCn3ccnc3)CC2)c2ncnn12. The lowest BCUT2D eigenvalue weighted by Crippen LogP contribution is -2.35. The third kappa shape index (κ3) is 5.95. The fourth-order valence-corrected chi connectivity index (χ4v) is 6.59. The zero-order valence-electron chi connectivity index (χ0n) is 25.7. The van der Waals surface area contributed by atoms with Crippen LogP contribution in [-0.4, -0.2) is 51.6 Å². The third-order valence-electron chi connectivity index (χ3n) is 8.85. The molecule has 2 aromatic carbocycles. The standard InChI is InChI=1S/C34H36N8O4/c1-2-5-30-29(20-23-8-10-24(11-9-23)27-6-3-4-7-28(27)31-38-34(44)46-39-31)32(43)41(33-36-21-37-42(30)33)25-12-14-26(15-13-25)45-19-18-40-17-16-35-22-40/h3-4,6-11,16-17,21-22,25-26H,2,5,12-15,18-20H2,1H3,(H,38,39,44). The number of ether oxygens (including phenoxy) is 1. The van der Waals surface area contributed by atoms with Gasteiger partial charge in [-0.1, -0.05) is 67.0 Å². The number of hydrogen-bond donors (Lipinski definition) is 1. The summed E-state index contributed by atoms with van der Waals surface area (Å²) in [5.41, 5.74) is 5.35. The lowest BCUT2D eigenvalue weighted by molar-refractivity contribution is 0.0153. The second-order valence-electron chi connectivity index (χ2n) is 11.8. The Balaban J connectivity index is 1.14. The molecule has 1 saturated carbocycles. The van der Waals surface area contributed by atoms with E-state index in [4.69, 9.17) is 9.26 Å². The molecule has 0 atom stereocenters. The molecule has 0 unspecified atom stereocenters. The van der Waals surface area contributed by atoms with Gasteiger partial charge >= 0.3 is 5.76 Å². The van der Waals surface area contributed by atoms with Crippen molar-refractivity contribution in [1.82, 2.24) is 38.9 Å². The number of aromatic amines is 1. The number of hydrogen-bond acceptors (Lipinski definition) is 8. The quantitative estimate of drug-likeness (QED) is 0.217. The molecule has 1 N–H and O–H groups in total. The molecule has 1 fully saturated rings.